The first kappa shape index (κ1) is 21.6. The molecule has 0 saturated carbocycles. The lowest BCUT2D eigenvalue weighted by molar-refractivity contribution is 0.660. The van der Waals surface area contributed by atoms with Crippen LogP contribution < -0.4 is 0 Å². The number of hydrogen-bond acceptors (Lipinski definition) is 2. The van der Waals surface area contributed by atoms with Crippen molar-refractivity contribution < 1.29 is 0 Å². The quantitative estimate of drug-likeness (QED) is 0.284. The van der Waals surface area contributed by atoms with Crippen LogP contribution >= 0.6 is 11.8 Å². The van der Waals surface area contributed by atoms with Gasteiger partial charge in [0.25, 0.3) is 0 Å². The molecule has 2 unspecified atom stereocenters. The van der Waals surface area contributed by atoms with Crippen LogP contribution in [0.2, 0.25) is 0 Å². The van der Waals surface area contributed by atoms with Gasteiger partial charge in [-0.05, 0) is 56.1 Å². The van der Waals surface area contributed by atoms with Gasteiger partial charge >= 0.3 is 0 Å². The van der Waals surface area contributed by atoms with Crippen molar-refractivity contribution in [2.75, 3.05) is 0 Å². The molecular weight excluding hydrogens is 454 g/mol. The molecule has 2 atom stereocenters. The fourth-order valence-electron chi connectivity index (χ4n) is 5.97. The van der Waals surface area contributed by atoms with Gasteiger partial charge in [0.05, 0.1) is 11.0 Å². The SMILES string of the molecule is CC1(C)c2ccccc2-c2c1ccc(-c1ccccc1)c2-c1ccc(C2N=C3C=CC=CC3S2)cc1. The van der Waals surface area contributed by atoms with Gasteiger partial charge < -0.3 is 0 Å². The summed E-state index contributed by atoms with van der Waals surface area (Å²) in [6.07, 6.45) is 8.60. The van der Waals surface area contributed by atoms with Gasteiger partial charge in [-0.15, -0.1) is 11.8 Å². The number of nitrogens with zero attached hydrogens (tertiary/aromatic N) is 1. The van der Waals surface area contributed by atoms with Gasteiger partial charge in [-0.1, -0.05) is 123 Å². The summed E-state index contributed by atoms with van der Waals surface area (Å²) in [6.45, 7) is 4.71. The zero-order chi connectivity index (χ0) is 24.3. The monoisotopic (exact) mass is 481 g/mol. The second-order valence-electron chi connectivity index (χ2n) is 10.3. The van der Waals surface area contributed by atoms with Gasteiger partial charge in [0, 0.05) is 5.41 Å². The summed E-state index contributed by atoms with van der Waals surface area (Å²) >= 11 is 1.92. The van der Waals surface area contributed by atoms with Gasteiger partial charge in [0.15, 0.2) is 0 Å². The molecule has 174 valence electrons. The number of rotatable bonds is 3. The molecule has 1 nitrogen and oxygen atoms in total. The maximum Gasteiger partial charge on any atom is 0.122 e. The minimum Gasteiger partial charge on any atom is -0.269 e. The fourth-order valence-corrected chi connectivity index (χ4v) is 7.20. The van der Waals surface area contributed by atoms with E-state index in [0.717, 1.165) is 0 Å². The zero-order valence-corrected chi connectivity index (χ0v) is 21.3. The molecule has 0 aromatic heterocycles. The molecule has 0 spiro atoms. The van der Waals surface area contributed by atoms with Crippen LogP contribution in [0.4, 0.5) is 0 Å². The summed E-state index contributed by atoms with van der Waals surface area (Å²) in [5.74, 6) is 0. The third-order valence-electron chi connectivity index (χ3n) is 7.82. The highest BCUT2D eigenvalue weighted by Gasteiger charge is 2.37. The minimum atomic E-state index is -0.0241. The highest BCUT2D eigenvalue weighted by Crippen LogP contribution is 2.54. The zero-order valence-electron chi connectivity index (χ0n) is 20.5. The number of allylic oxidation sites excluding steroid dienone is 3. The first-order valence-corrected chi connectivity index (χ1v) is 13.6. The van der Waals surface area contributed by atoms with E-state index in [0.29, 0.717) is 5.25 Å². The maximum atomic E-state index is 5.00. The van der Waals surface area contributed by atoms with E-state index in [4.69, 9.17) is 4.99 Å². The van der Waals surface area contributed by atoms with Crippen molar-refractivity contribution in [2.45, 2.75) is 29.9 Å². The van der Waals surface area contributed by atoms with E-state index in [-0.39, 0.29) is 10.8 Å². The largest absolute Gasteiger partial charge is 0.269 e. The molecule has 1 heterocycles. The molecule has 0 fully saturated rings. The molecule has 2 aliphatic carbocycles. The van der Waals surface area contributed by atoms with E-state index in [2.05, 4.69) is 129 Å². The Bertz CT molecular complexity index is 1570. The van der Waals surface area contributed by atoms with E-state index < -0.39 is 0 Å². The minimum absolute atomic E-state index is 0.0241. The molecule has 0 radical (unpaired) electrons. The van der Waals surface area contributed by atoms with E-state index in [1.165, 1.54) is 55.8 Å². The third kappa shape index (κ3) is 3.28. The van der Waals surface area contributed by atoms with Crippen LogP contribution in [0, 0.1) is 0 Å². The Labute approximate surface area is 217 Å². The molecule has 36 heavy (non-hydrogen) atoms. The average Bonchev–Trinajstić information content (AvgIpc) is 3.46. The number of aliphatic imine (C=N–C) groups is 1. The molecule has 0 bridgehead atoms. The lowest BCUT2D eigenvalue weighted by atomic mass is 9.80. The molecular formula is C34H27NS. The van der Waals surface area contributed by atoms with Gasteiger partial charge in [0.2, 0.25) is 0 Å². The van der Waals surface area contributed by atoms with E-state index >= 15 is 0 Å². The molecule has 0 amide bonds. The topological polar surface area (TPSA) is 12.4 Å². The van der Waals surface area contributed by atoms with Crippen molar-refractivity contribution in [3.8, 4) is 33.4 Å². The number of benzene rings is 4. The highest BCUT2D eigenvalue weighted by molar-refractivity contribution is 8.01. The van der Waals surface area contributed by atoms with Crippen LogP contribution in [0.25, 0.3) is 33.4 Å². The van der Waals surface area contributed by atoms with Gasteiger partial charge in [0.1, 0.15) is 5.37 Å². The molecule has 4 aromatic rings. The summed E-state index contributed by atoms with van der Waals surface area (Å²) in [4.78, 5) is 5.00. The molecule has 4 aromatic carbocycles. The van der Waals surface area contributed by atoms with Crippen molar-refractivity contribution in [1.82, 2.24) is 0 Å². The van der Waals surface area contributed by atoms with Gasteiger partial charge in [-0.3, -0.25) is 4.99 Å². The van der Waals surface area contributed by atoms with Gasteiger partial charge in [-0.25, -0.2) is 0 Å². The van der Waals surface area contributed by atoms with Crippen LogP contribution in [0.1, 0.15) is 35.9 Å². The summed E-state index contributed by atoms with van der Waals surface area (Å²) in [5, 5.41) is 0.529. The predicted octanol–water partition coefficient (Wildman–Crippen LogP) is 9.01. The Balaban J connectivity index is 1.40. The number of fused-ring (bicyclic) bond motifs is 4. The summed E-state index contributed by atoms with van der Waals surface area (Å²) in [6, 6.07) is 33.6. The van der Waals surface area contributed by atoms with E-state index in [1.807, 2.05) is 11.8 Å². The first-order valence-electron chi connectivity index (χ1n) is 12.6. The lowest BCUT2D eigenvalue weighted by Crippen LogP contribution is -2.14. The Kier molecular flexibility index (Phi) is 4.94. The van der Waals surface area contributed by atoms with E-state index in [1.54, 1.807) is 0 Å². The first-order chi connectivity index (χ1) is 17.6. The summed E-state index contributed by atoms with van der Waals surface area (Å²) in [5.41, 5.74) is 13.1. The second kappa shape index (κ2) is 8.21. The van der Waals surface area contributed by atoms with Crippen molar-refractivity contribution in [3.63, 3.8) is 0 Å². The molecule has 1 aliphatic heterocycles. The molecule has 2 heteroatoms. The van der Waals surface area contributed by atoms with E-state index in [9.17, 15) is 0 Å². The Morgan fingerprint density at radius 1 is 0.667 bits per heavy atom. The van der Waals surface area contributed by atoms with Crippen LogP contribution in [0.3, 0.4) is 0 Å². The van der Waals surface area contributed by atoms with Crippen molar-refractivity contribution in [1.29, 1.82) is 0 Å². The van der Waals surface area contributed by atoms with Crippen molar-refractivity contribution in [3.05, 3.63) is 132 Å². The predicted molar refractivity (Wildman–Crippen MR) is 155 cm³/mol. The fraction of sp³-hybridized carbons (Fsp3) is 0.147. The van der Waals surface area contributed by atoms with Crippen molar-refractivity contribution in [2.24, 2.45) is 4.99 Å². The lowest BCUT2D eigenvalue weighted by Gasteiger charge is -2.23. The molecule has 0 N–H and O–H groups in total. The van der Waals surface area contributed by atoms with Crippen LogP contribution in [-0.4, -0.2) is 11.0 Å². The second-order valence-corrected chi connectivity index (χ2v) is 11.5. The Morgan fingerprint density at radius 2 is 1.44 bits per heavy atom. The molecule has 0 saturated heterocycles. The van der Waals surface area contributed by atoms with Gasteiger partial charge in [-0.2, -0.15) is 0 Å². The molecule has 7 rings (SSSR count). The Hall–Kier alpha value is -3.62. The van der Waals surface area contributed by atoms with Crippen LogP contribution in [0.5, 0.6) is 0 Å². The standard InChI is InChI=1S/C34H27NS/c1-34(2)27-13-7-6-12-26(27)32-28(34)21-20-25(22-10-4-3-5-11-22)31(32)23-16-18-24(19-17-23)33-35-29-14-8-9-15-30(29)36-33/h3-21,30,33H,1-2H3. The maximum absolute atomic E-state index is 5.00. The Morgan fingerprint density at radius 3 is 2.25 bits per heavy atom. The average molecular weight is 482 g/mol. The highest BCUT2D eigenvalue weighted by atomic mass is 32.2. The number of hydrogen-bond donors (Lipinski definition) is 0. The third-order valence-corrected chi connectivity index (χ3v) is 9.14. The normalized spacial score (nSPS) is 20.6. The molecule has 3 aliphatic rings. The summed E-state index contributed by atoms with van der Waals surface area (Å²) < 4.78 is 0. The van der Waals surface area contributed by atoms with Crippen LogP contribution in [0.15, 0.2) is 120 Å². The van der Waals surface area contributed by atoms with Crippen LogP contribution in [-0.2, 0) is 5.41 Å². The smallest absolute Gasteiger partial charge is 0.122 e. The number of thioether (sulfide) groups is 1. The van der Waals surface area contributed by atoms with Crippen molar-refractivity contribution >= 4 is 17.5 Å². The summed E-state index contributed by atoms with van der Waals surface area (Å²) in [7, 11) is 0.